The predicted octanol–water partition coefficient (Wildman–Crippen LogP) is 7.44. The second kappa shape index (κ2) is 11.2. The summed E-state index contributed by atoms with van der Waals surface area (Å²) in [6.07, 6.45) is 0.699. The number of fused-ring (bicyclic) bond motifs is 2. The van der Waals surface area contributed by atoms with Crippen molar-refractivity contribution in [2.24, 2.45) is 0 Å². The molecule has 0 bridgehead atoms. The Labute approximate surface area is 257 Å². The molecule has 0 aliphatic carbocycles. The van der Waals surface area contributed by atoms with Crippen LogP contribution in [0.25, 0.3) is 16.0 Å². The van der Waals surface area contributed by atoms with Crippen LogP contribution in [0, 0.1) is 0 Å². The lowest BCUT2D eigenvalue weighted by atomic mass is 9.94. The zero-order chi connectivity index (χ0) is 30.4. The van der Waals surface area contributed by atoms with E-state index in [9.17, 15) is 14.7 Å². The highest BCUT2D eigenvalue weighted by Crippen LogP contribution is 2.46. The minimum Gasteiger partial charge on any atom is -0.507 e. The van der Waals surface area contributed by atoms with Gasteiger partial charge >= 0.3 is 5.91 Å². The molecule has 3 heterocycles. The SMILES string of the molecule is CCOc1ccc2nc(N3C(=O)C(=O)C(=C(O)c4ccc5c(c4)C[C@@H](C)O5)[C@H]3c3cccc(Oc4ccccc4)c3)sc2c1. The second-order valence-corrected chi connectivity index (χ2v) is 11.7. The van der Waals surface area contributed by atoms with E-state index in [1.807, 2.05) is 74.5 Å². The minimum atomic E-state index is -0.954. The number of Topliss-reactive ketones (excluding diaryl/α,β-unsaturated/α-hetero) is 1. The van der Waals surface area contributed by atoms with E-state index in [1.165, 1.54) is 16.2 Å². The predicted molar refractivity (Wildman–Crippen MR) is 169 cm³/mol. The molecule has 1 aromatic heterocycles. The van der Waals surface area contributed by atoms with Crippen molar-refractivity contribution in [1.29, 1.82) is 0 Å². The molecule has 44 heavy (non-hydrogen) atoms. The van der Waals surface area contributed by atoms with E-state index in [0.29, 0.717) is 52.1 Å². The van der Waals surface area contributed by atoms with Crippen molar-refractivity contribution in [3.8, 4) is 23.0 Å². The van der Waals surface area contributed by atoms with Crippen LogP contribution >= 0.6 is 11.3 Å². The second-order valence-electron chi connectivity index (χ2n) is 10.7. The molecule has 1 saturated heterocycles. The average molecular weight is 605 g/mol. The normalized spacial score (nSPS) is 18.8. The lowest BCUT2D eigenvalue weighted by molar-refractivity contribution is -0.132. The first kappa shape index (κ1) is 27.7. The summed E-state index contributed by atoms with van der Waals surface area (Å²) in [5.41, 5.74) is 2.61. The molecule has 1 N–H and O–H groups in total. The molecule has 0 saturated carbocycles. The van der Waals surface area contributed by atoms with Crippen molar-refractivity contribution in [1.82, 2.24) is 4.98 Å². The Kier molecular flexibility index (Phi) is 7.02. The van der Waals surface area contributed by atoms with Gasteiger partial charge in [0.25, 0.3) is 5.78 Å². The van der Waals surface area contributed by atoms with Crippen molar-refractivity contribution in [2.45, 2.75) is 32.4 Å². The highest BCUT2D eigenvalue weighted by molar-refractivity contribution is 7.22. The minimum absolute atomic E-state index is 0.0163. The molecular weight excluding hydrogens is 576 g/mol. The zero-order valence-electron chi connectivity index (χ0n) is 24.0. The molecule has 1 amide bonds. The Bertz CT molecular complexity index is 1950. The highest BCUT2D eigenvalue weighted by Gasteiger charge is 2.48. The number of anilines is 1. The maximum Gasteiger partial charge on any atom is 0.301 e. The average Bonchev–Trinajstić information content (AvgIpc) is 3.69. The van der Waals surface area contributed by atoms with Crippen LogP contribution in [0.3, 0.4) is 0 Å². The zero-order valence-corrected chi connectivity index (χ0v) is 24.8. The molecule has 5 aromatic rings. The molecule has 4 aromatic carbocycles. The van der Waals surface area contributed by atoms with Crippen molar-refractivity contribution < 1.29 is 28.9 Å². The fourth-order valence-corrected chi connectivity index (χ4v) is 6.72. The molecule has 0 spiro atoms. The first-order chi connectivity index (χ1) is 21.4. The van der Waals surface area contributed by atoms with E-state index in [4.69, 9.17) is 19.2 Å². The fourth-order valence-electron chi connectivity index (χ4n) is 5.70. The summed E-state index contributed by atoms with van der Waals surface area (Å²) in [6, 6.07) is 26.4. The number of thiazole rings is 1. The molecule has 2 atom stereocenters. The van der Waals surface area contributed by atoms with Crippen LogP contribution in [0.5, 0.6) is 23.0 Å². The van der Waals surface area contributed by atoms with Gasteiger partial charge in [-0.3, -0.25) is 14.5 Å². The molecule has 8 nitrogen and oxygen atoms in total. The van der Waals surface area contributed by atoms with Crippen molar-refractivity contribution in [3.63, 3.8) is 0 Å². The van der Waals surface area contributed by atoms with Gasteiger partial charge < -0.3 is 19.3 Å². The van der Waals surface area contributed by atoms with Crippen molar-refractivity contribution in [2.75, 3.05) is 11.5 Å². The first-order valence-corrected chi connectivity index (χ1v) is 15.2. The third kappa shape index (κ3) is 4.95. The van der Waals surface area contributed by atoms with Crippen LogP contribution in [0.2, 0.25) is 0 Å². The van der Waals surface area contributed by atoms with Gasteiger partial charge in [-0.1, -0.05) is 41.7 Å². The van der Waals surface area contributed by atoms with Crippen LogP contribution in [0.15, 0.2) is 96.6 Å². The summed E-state index contributed by atoms with van der Waals surface area (Å²) in [5.74, 6) is 0.784. The number of hydrogen-bond donors (Lipinski definition) is 1. The number of rotatable bonds is 7. The van der Waals surface area contributed by atoms with Gasteiger partial charge in [-0.05, 0) is 85.6 Å². The largest absolute Gasteiger partial charge is 0.507 e. The van der Waals surface area contributed by atoms with Crippen LogP contribution in [-0.2, 0) is 16.0 Å². The third-order valence-electron chi connectivity index (χ3n) is 7.63. The van der Waals surface area contributed by atoms with E-state index in [2.05, 4.69) is 0 Å². The number of aliphatic hydroxyl groups excluding tert-OH is 1. The Hall–Kier alpha value is -5.15. The number of aliphatic hydroxyl groups is 1. The number of benzene rings is 4. The number of nitrogens with zero attached hydrogens (tertiary/aromatic N) is 2. The number of ketones is 1. The van der Waals surface area contributed by atoms with Gasteiger partial charge in [0, 0.05) is 12.0 Å². The van der Waals surface area contributed by atoms with E-state index >= 15 is 0 Å². The molecule has 2 aliphatic rings. The quantitative estimate of drug-likeness (QED) is 0.117. The molecule has 9 heteroatoms. The highest BCUT2D eigenvalue weighted by atomic mass is 32.1. The van der Waals surface area contributed by atoms with Crippen LogP contribution in [0.4, 0.5) is 5.13 Å². The van der Waals surface area contributed by atoms with Gasteiger partial charge in [-0.15, -0.1) is 0 Å². The topological polar surface area (TPSA) is 98.2 Å². The molecule has 1 fully saturated rings. The summed E-state index contributed by atoms with van der Waals surface area (Å²) in [6.45, 7) is 4.40. The van der Waals surface area contributed by atoms with Crippen molar-refractivity contribution in [3.05, 3.63) is 113 Å². The smallest absolute Gasteiger partial charge is 0.301 e. The number of hydrogen-bond acceptors (Lipinski definition) is 8. The summed E-state index contributed by atoms with van der Waals surface area (Å²) < 4.78 is 18.4. The summed E-state index contributed by atoms with van der Waals surface area (Å²) in [7, 11) is 0. The first-order valence-electron chi connectivity index (χ1n) is 14.4. The van der Waals surface area contributed by atoms with E-state index in [-0.39, 0.29) is 17.4 Å². The summed E-state index contributed by atoms with van der Waals surface area (Å²) in [5, 5.41) is 12.1. The lowest BCUT2D eigenvalue weighted by Gasteiger charge is -2.23. The lowest BCUT2D eigenvalue weighted by Crippen LogP contribution is -2.29. The number of aromatic nitrogens is 1. The third-order valence-corrected chi connectivity index (χ3v) is 8.65. The number of amides is 1. The Morgan fingerprint density at radius 2 is 1.80 bits per heavy atom. The van der Waals surface area contributed by atoms with E-state index in [1.54, 1.807) is 30.3 Å². The van der Waals surface area contributed by atoms with Crippen LogP contribution in [-0.4, -0.2) is 34.5 Å². The Morgan fingerprint density at radius 1 is 0.977 bits per heavy atom. The molecule has 0 radical (unpaired) electrons. The van der Waals surface area contributed by atoms with Gasteiger partial charge in [0.15, 0.2) is 5.13 Å². The number of para-hydroxylation sites is 1. The number of carbonyl (C=O) groups excluding carboxylic acids is 2. The van der Waals surface area contributed by atoms with Gasteiger partial charge in [-0.25, -0.2) is 4.98 Å². The van der Waals surface area contributed by atoms with Crippen molar-refractivity contribution >= 4 is 44.1 Å². The fraction of sp³-hybridized carbons (Fsp3) is 0.171. The maximum atomic E-state index is 13.8. The van der Waals surface area contributed by atoms with Gasteiger partial charge in [0.1, 0.15) is 34.9 Å². The van der Waals surface area contributed by atoms with E-state index in [0.717, 1.165) is 16.0 Å². The van der Waals surface area contributed by atoms with Gasteiger partial charge in [0.2, 0.25) is 0 Å². The monoisotopic (exact) mass is 604 g/mol. The van der Waals surface area contributed by atoms with Gasteiger partial charge in [0.05, 0.1) is 28.4 Å². The number of ether oxygens (including phenoxy) is 3. The Balaban J connectivity index is 1.37. The van der Waals surface area contributed by atoms with E-state index < -0.39 is 17.7 Å². The molecule has 2 aliphatic heterocycles. The standard InChI is InChI=1S/C35H28N2O6S/c1-3-41-25-13-14-27-29(19-25)44-35(36-27)37-31(21-8-7-11-26(18-21)43-24-9-5-4-6-10-24)30(33(39)34(37)40)32(38)22-12-15-28-23(17-22)16-20(2)42-28/h4-15,17-20,31,38H,3,16H2,1-2H3/t20-,31-/m1/s1. The van der Waals surface area contributed by atoms with Crippen LogP contribution < -0.4 is 19.1 Å². The molecule has 7 rings (SSSR count). The summed E-state index contributed by atoms with van der Waals surface area (Å²) >= 11 is 1.28. The summed E-state index contributed by atoms with van der Waals surface area (Å²) in [4.78, 5) is 33.7. The Morgan fingerprint density at radius 3 is 2.61 bits per heavy atom. The molecule has 0 unspecified atom stereocenters. The van der Waals surface area contributed by atoms with Gasteiger partial charge in [-0.2, -0.15) is 0 Å². The maximum absolute atomic E-state index is 13.8. The molecule has 220 valence electrons. The number of carbonyl (C=O) groups is 2. The molecular formula is C35H28N2O6S. The van der Waals surface area contributed by atoms with Crippen LogP contribution in [0.1, 0.15) is 36.6 Å².